The van der Waals surface area contributed by atoms with Crippen LogP contribution in [0.1, 0.15) is 85.9 Å². The largest absolute Gasteiger partial charge is 0.494 e. The second-order valence-electron chi connectivity index (χ2n) is 9.50. The fourth-order valence-corrected chi connectivity index (χ4v) is 4.61. The van der Waals surface area contributed by atoms with Gasteiger partial charge in [-0.15, -0.1) is 11.8 Å². The molecule has 0 spiro atoms. The number of likely N-dealkylation sites (N-methyl/N-ethyl adjacent to an activating group) is 1. The molecule has 0 fully saturated rings. The summed E-state index contributed by atoms with van der Waals surface area (Å²) in [6, 6.07) is 12.7. The number of benzene rings is 2. The maximum Gasteiger partial charge on any atom is 0.255 e. The number of unbranched alkanes of at least 4 members (excludes halogenated alkanes) is 7. The Bertz CT molecular complexity index is 948. The van der Waals surface area contributed by atoms with Gasteiger partial charge in [-0.05, 0) is 68.7 Å². The van der Waals surface area contributed by atoms with Gasteiger partial charge in [0.1, 0.15) is 5.75 Å². The molecule has 0 bridgehead atoms. The second-order valence-corrected chi connectivity index (χ2v) is 10.8. The zero-order chi connectivity index (χ0) is 26.9. The van der Waals surface area contributed by atoms with E-state index in [1.807, 2.05) is 37.2 Å². The average molecular weight is 528 g/mol. The Morgan fingerprint density at radius 3 is 2.14 bits per heavy atom. The first kappa shape index (κ1) is 30.7. The van der Waals surface area contributed by atoms with E-state index in [1.54, 1.807) is 36.0 Å². The van der Waals surface area contributed by atoms with E-state index in [1.165, 1.54) is 44.9 Å². The first-order valence-electron chi connectivity index (χ1n) is 13.7. The molecule has 37 heavy (non-hydrogen) atoms. The van der Waals surface area contributed by atoms with Crippen LogP contribution in [0.3, 0.4) is 0 Å². The van der Waals surface area contributed by atoms with Crippen molar-refractivity contribution in [3.63, 3.8) is 0 Å². The van der Waals surface area contributed by atoms with Crippen molar-refractivity contribution in [2.45, 2.75) is 70.1 Å². The molecular weight excluding hydrogens is 482 g/mol. The molecule has 0 unspecified atom stereocenters. The summed E-state index contributed by atoms with van der Waals surface area (Å²) >= 11 is 1.63. The molecule has 0 heterocycles. The van der Waals surface area contributed by atoms with Gasteiger partial charge in [-0.25, -0.2) is 0 Å². The molecule has 7 heteroatoms. The van der Waals surface area contributed by atoms with Gasteiger partial charge in [0.2, 0.25) is 0 Å². The molecule has 2 aromatic carbocycles. The predicted molar refractivity (Wildman–Crippen MR) is 156 cm³/mol. The van der Waals surface area contributed by atoms with Gasteiger partial charge < -0.3 is 20.3 Å². The molecule has 0 saturated heterocycles. The Morgan fingerprint density at radius 2 is 1.49 bits per heavy atom. The minimum atomic E-state index is -0.210. The van der Waals surface area contributed by atoms with E-state index >= 15 is 0 Å². The van der Waals surface area contributed by atoms with Crippen LogP contribution in [0.15, 0.2) is 47.4 Å². The molecule has 0 saturated carbocycles. The Morgan fingerprint density at radius 1 is 0.838 bits per heavy atom. The van der Waals surface area contributed by atoms with Crippen LogP contribution in [0.5, 0.6) is 5.75 Å². The zero-order valence-corrected chi connectivity index (χ0v) is 23.9. The van der Waals surface area contributed by atoms with Crippen LogP contribution in [-0.2, 0) is 0 Å². The number of nitrogens with zero attached hydrogens (tertiary/aromatic N) is 1. The summed E-state index contributed by atoms with van der Waals surface area (Å²) in [6.07, 6.45) is 10.1. The molecule has 2 rings (SSSR count). The summed E-state index contributed by atoms with van der Waals surface area (Å²) in [6.45, 7) is 6.32. The van der Waals surface area contributed by atoms with Gasteiger partial charge in [-0.1, -0.05) is 58.8 Å². The minimum Gasteiger partial charge on any atom is -0.494 e. The lowest BCUT2D eigenvalue weighted by Gasteiger charge is -2.14. The lowest BCUT2D eigenvalue weighted by Crippen LogP contribution is -2.31. The SMILES string of the molecule is CCCCCCCCCCOc1ccc(C(=O)Nc2cc(C(=O)NCCN(C)C)ccc2SCC)cc1. The standard InChI is InChI=1S/C30H45N3O3S/c1-5-7-8-9-10-11-12-13-22-36-26-17-14-24(15-18-26)30(35)32-27-23-25(16-19-28(27)37-6-2)29(34)31-20-21-33(3)4/h14-19,23H,5-13,20-22H2,1-4H3,(H,31,34)(H,32,35). The third kappa shape index (κ3) is 12.1. The van der Waals surface area contributed by atoms with Crippen molar-refractivity contribution in [3.05, 3.63) is 53.6 Å². The molecule has 0 aromatic heterocycles. The van der Waals surface area contributed by atoms with Crippen LogP contribution in [0.25, 0.3) is 0 Å². The number of anilines is 1. The Hall–Kier alpha value is -2.51. The van der Waals surface area contributed by atoms with Crippen molar-refractivity contribution in [2.24, 2.45) is 0 Å². The number of carbonyl (C=O) groups excluding carboxylic acids is 2. The highest BCUT2D eigenvalue weighted by Crippen LogP contribution is 2.29. The van der Waals surface area contributed by atoms with Gasteiger partial charge in [0.15, 0.2) is 0 Å². The van der Waals surface area contributed by atoms with Crippen molar-refractivity contribution in [1.82, 2.24) is 10.2 Å². The molecule has 204 valence electrons. The molecule has 0 radical (unpaired) electrons. The highest BCUT2D eigenvalue weighted by molar-refractivity contribution is 7.99. The van der Waals surface area contributed by atoms with Crippen LogP contribution in [0.4, 0.5) is 5.69 Å². The first-order valence-corrected chi connectivity index (χ1v) is 14.7. The molecule has 2 N–H and O–H groups in total. The summed E-state index contributed by atoms with van der Waals surface area (Å²) in [5, 5.41) is 5.92. The van der Waals surface area contributed by atoms with E-state index in [9.17, 15) is 9.59 Å². The van der Waals surface area contributed by atoms with Crippen LogP contribution in [-0.4, -0.2) is 56.3 Å². The van der Waals surface area contributed by atoms with E-state index in [0.29, 0.717) is 30.0 Å². The minimum absolute atomic E-state index is 0.150. The number of thioether (sulfide) groups is 1. The fraction of sp³-hybridized carbons (Fsp3) is 0.533. The summed E-state index contributed by atoms with van der Waals surface area (Å²) in [4.78, 5) is 28.5. The van der Waals surface area contributed by atoms with E-state index in [2.05, 4.69) is 24.5 Å². The summed E-state index contributed by atoms with van der Waals surface area (Å²) in [5.41, 5.74) is 1.72. The second kappa shape index (κ2) is 17.9. The highest BCUT2D eigenvalue weighted by atomic mass is 32.2. The topological polar surface area (TPSA) is 70.7 Å². The van der Waals surface area contributed by atoms with Crippen molar-refractivity contribution in [2.75, 3.05) is 44.9 Å². The fourth-order valence-electron chi connectivity index (χ4n) is 3.87. The van der Waals surface area contributed by atoms with Gasteiger partial charge >= 0.3 is 0 Å². The van der Waals surface area contributed by atoms with Crippen LogP contribution in [0.2, 0.25) is 0 Å². The molecule has 0 aliphatic rings. The monoisotopic (exact) mass is 527 g/mol. The Kier molecular flexibility index (Phi) is 14.8. The number of hydrogen-bond donors (Lipinski definition) is 2. The number of ether oxygens (including phenoxy) is 1. The molecule has 2 aromatic rings. The summed E-state index contributed by atoms with van der Waals surface area (Å²) in [7, 11) is 3.93. The number of nitrogens with one attached hydrogen (secondary N) is 2. The number of amides is 2. The lowest BCUT2D eigenvalue weighted by atomic mass is 10.1. The van der Waals surface area contributed by atoms with Crippen LogP contribution >= 0.6 is 11.8 Å². The van der Waals surface area contributed by atoms with Gasteiger partial charge in [-0.3, -0.25) is 9.59 Å². The molecular formula is C30H45N3O3S. The normalized spacial score (nSPS) is 10.9. The molecule has 0 aliphatic heterocycles. The van der Waals surface area contributed by atoms with Crippen molar-refractivity contribution in [3.8, 4) is 5.75 Å². The van der Waals surface area contributed by atoms with E-state index < -0.39 is 0 Å². The zero-order valence-electron chi connectivity index (χ0n) is 23.1. The third-order valence-electron chi connectivity index (χ3n) is 6.02. The number of rotatable bonds is 18. The first-order chi connectivity index (χ1) is 17.9. The molecule has 6 nitrogen and oxygen atoms in total. The van der Waals surface area contributed by atoms with Crippen LogP contribution in [0, 0.1) is 0 Å². The van der Waals surface area contributed by atoms with E-state index in [4.69, 9.17) is 4.74 Å². The maximum atomic E-state index is 13.0. The molecule has 0 atom stereocenters. The number of carbonyl (C=O) groups is 2. The van der Waals surface area contributed by atoms with Crippen molar-refractivity contribution in [1.29, 1.82) is 0 Å². The molecule has 2 amide bonds. The number of hydrogen-bond acceptors (Lipinski definition) is 5. The summed E-state index contributed by atoms with van der Waals surface area (Å²) in [5.74, 6) is 1.28. The highest BCUT2D eigenvalue weighted by Gasteiger charge is 2.13. The van der Waals surface area contributed by atoms with Crippen molar-refractivity contribution < 1.29 is 14.3 Å². The summed E-state index contributed by atoms with van der Waals surface area (Å²) < 4.78 is 5.86. The lowest BCUT2D eigenvalue weighted by molar-refractivity contribution is 0.0949. The van der Waals surface area contributed by atoms with E-state index in [-0.39, 0.29) is 11.8 Å². The average Bonchev–Trinajstić information content (AvgIpc) is 2.89. The van der Waals surface area contributed by atoms with Gasteiger partial charge in [0.25, 0.3) is 11.8 Å². The third-order valence-corrected chi connectivity index (χ3v) is 6.97. The Balaban J connectivity index is 1.88. The quantitative estimate of drug-likeness (QED) is 0.164. The Labute approximate surface area is 227 Å². The smallest absolute Gasteiger partial charge is 0.255 e. The van der Waals surface area contributed by atoms with Crippen molar-refractivity contribution >= 4 is 29.3 Å². The van der Waals surface area contributed by atoms with Crippen LogP contribution < -0.4 is 15.4 Å². The maximum absolute atomic E-state index is 13.0. The molecule has 0 aliphatic carbocycles. The van der Waals surface area contributed by atoms with Gasteiger partial charge in [0, 0.05) is 29.1 Å². The van der Waals surface area contributed by atoms with Gasteiger partial charge in [-0.2, -0.15) is 0 Å². The van der Waals surface area contributed by atoms with E-state index in [0.717, 1.165) is 29.4 Å². The predicted octanol–water partition coefficient (Wildman–Crippen LogP) is 6.86. The van der Waals surface area contributed by atoms with Gasteiger partial charge in [0.05, 0.1) is 12.3 Å².